The summed E-state index contributed by atoms with van der Waals surface area (Å²) in [5.41, 5.74) is 2.23. The van der Waals surface area contributed by atoms with Crippen LogP contribution < -0.4 is 15.3 Å². The monoisotopic (exact) mass is 315 g/mol. The van der Waals surface area contributed by atoms with Crippen LogP contribution in [0, 0.1) is 10.1 Å². The molecule has 118 valence electrons. The van der Waals surface area contributed by atoms with Gasteiger partial charge in [-0.15, -0.1) is 0 Å². The molecule has 0 aliphatic rings. The van der Waals surface area contributed by atoms with Crippen LogP contribution in [0.2, 0.25) is 0 Å². The summed E-state index contributed by atoms with van der Waals surface area (Å²) in [6, 6.07) is 5.35. The van der Waals surface area contributed by atoms with Crippen molar-refractivity contribution in [3.05, 3.63) is 57.9 Å². The largest absolute Gasteiger partial charge is 0.865 e. The third kappa shape index (κ3) is 3.79. The Morgan fingerprint density at radius 2 is 2.09 bits per heavy atom. The fourth-order valence-corrected chi connectivity index (χ4v) is 1.70. The maximum Gasteiger partial charge on any atom is 0.271 e. The first kappa shape index (κ1) is 15.9. The highest BCUT2D eigenvalue weighted by atomic mass is 16.6. The minimum atomic E-state index is -0.824. The molecule has 0 fully saturated rings. The molecule has 0 saturated heterocycles. The fraction of sp³-hybridized carbons (Fsp3) is 0.0714. The Balaban J connectivity index is 2.18. The van der Waals surface area contributed by atoms with Crippen molar-refractivity contribution in [3.63, 3.8) is 0 Å². The van der Waals surface area contributed by atoms with Crippen molar-refractivity contribution >= 4 is 17.8 Å². The van der Waals surface area contributed by atoms with Crippen molar-refractivity contribution in [2.45, 2.75) is 0 Å². The number of nitro groups is 1. The van der Waals surface area contributed by atoms with Gasteiger partial charge in [0.1, 0.15) is 5.75 Å². The van der Waals surface area contributed by atoms with Gasteiger partial charge in [-0.25, -0.2) is 5.43 Å². The third-order valence-corrected chi connectivity index (χ3v) is 2.80. The Kier molecular flexibility index (Phi) is 4.82. The van der Waals surface area contributed by atoms with Gasteiger partial charge < -0.3 is 9.84 Å². The Labute approximate surface area is 130 Å². The van der Waals surface area contributed by atoms with Crippen molar-refractivity contribution in [1.82, 2.24) is 10.4 Å². The lowest BCUT2D eigenvalue weighted by atomic mass is 10.2. The second-order valence-corrected chi connectivity index (χ2v) is 4.26. The second-order valence-electron chi connectivity index (χ2n) is 4.26. The number of hydrogen-bond donors (Lipinski definition) is 1. The van der Waals surface area contributed by atoms with Crippen LogP contribution in [0.4, 0.5) is 5.69 Å². The Morgan fingerprint density at radius 3 is 2.70 bits per heavy atom. The van der Waals surface area contributed by atoms with Crippen molar-refractivity contribution in [2.75, 3.05) is 7.11 Å². The number of carbonyl (C=O) groups excluding carboxylic acids is 1. The van der Waals surface area contributed by atoms with Crippen LogP contribution in [-0.2, 0) is 0 Å². The highest BCUT2D eigenvalue weighted by Gasteiger charge is 2.12. The number of ether oxygens (including phenoxy) is 1. The van der Waals surface area contributed by atoms with E-state index < -0.39 is 22.3 Å². The summed E-state index contributed by atoms with van der Waals surface area (Å²) in [4.78, 5) is 25.6. The van der Waals surface area contributed by atoms with Crippen molar-refractivity contribution in [2.24, 2.45) is 5.10 Å². The zero-order valence-corrected chi connectivity index (χ0v) is 11.9. The predicted octanol–water partition coefficient (Wildman–Crippen LogP) is 0.836. The molecule has 1 heterocycles. The van der Waals surface area contributed by atoms with E-state index in [0.717, 1.165) is 6.07 Å². The predicted molar refractivity (Wildman–Crippen MR) is 78.4 cm³/mol. The molecule has 23 heavy (non-hydrogen) atoms. The molecule has 2 aromatic rings. The summed E-state index contributed by atoms with van der Waals surface area (Å²) in [5.74, 6) is -1.47. The van der Waals surface area contributed by atoms with Crippen LogP contribution in [0.15, 0.2) is 41.8 Å². The summed E-state index contributed by atoms with van der Waals surface area (Å²) < 4.78 is 4.80. The quantitative estimate of drug-likeness (QED) is 0.494. The number of aromatic nitrogens is 1. The molecule has 0 saturated carbocycles. The first-order valence-electron chi connectivity index (χ1n) is 6.29. The van der Waals surface area contributed by atoms with Crippen LogP contribution in [0.3, 0.4) is 0 Å². The number of nitro benzene ring substituents is 1. The molecule has 1 aromatic heterocycles. The van der Waals surface area contributed by atoms with E-state index in [1.807, 2.05) is 0 Å². The molecule has 0 atom stereocenters. The summed E-state index contributed by atoms with van der Waals surface area (Å²) in [5, 5.41) is 26.2. The smallest absolute Gasteiger partial charge is 0.271 e. The first-order chi connectivity index (χ1) is 11.0. The molecular weight excluding hydrogens is 304 g/mol. The summed E-state index contributed by atoms with van der Waals surface area (Å²) in [7, 11) is 1.23. The van der Waals surface area contributed by atoms with Crippen molar-refractivity contribution < 1.29 is 19.6 Å². The second kappa shape index (κ2) is 6.98. The van der Waals surface area contributed by atoms with Crippen LogP contribution in [0.5, 0.6) is 11.5 Å². The highest BCUT2D eigenvalue weighted by Crippen LogP contribution is 2.33. The fourth-order valence-electron chi connectivity index (χ4n) is 1.70. The maximum absolute atomic E-state index is 11.8. The molecule has 0 spiro atoms. The van der Waals surface area contributed by atoms with E-state index in [1.165, 1.54) is 43.9 Å². The van der Waals surface area contributed by atoms with E-state index in [-0.39, 0.29) is 11.3 Å². The van der Waals surface area contributed by atoms with E-state index in [2.05, 4.69) is 15.5 Å². The third-order valence-electron chi connectivity index (χ3n) is 2.80. The minimum Gasteiger partial charge on any atom is -0.865 e. The highest BCUT2D eigenvalue weighted by molar-refractivity contribution is 5.94. The van der Waals surface area contributed by atoms with E-state index in [0.29, 0.717) is 5.56 Å². The molecule has 0 bridgehead atoms. The van der Waals surface area contributed by atoms with Gasteiger partial charge in [0.2, 0.25) is 0 Å². The van der Waals surface area contributed by atoms with Gasteiger partial charge in [0.25, 0.3) is 11.6 Å². The van der Waals surface area contributed by atoms with Gasteiger partial charge in [0.15, 0.2) is 0 Å². The molecule has 1 amide bonds. The molecule has 2 rings (SSSR count). The lowest BCUT2D eigenvalue weighted by Gasteiger charge is -2.12. The Bertz CT molecular complexity index is 761. The number of methoxy groups -OCH3 is 1. The van der Waals surface area contributed by atoms with Gasteiger partial charge in [-0.1, -0.05) is 0 Å². The van der Waals surface area contributed by atoms with Crippen LogP contribution in [0.25, 0.3) is 0 Å². The van der Waals surface area contributed by atoms with Crippen molar-refractivity contribution in [3.8, 4) is 11.5 Å². The van der Waals surface area contributed by atoms with Crippen LogP contribution in [-0.4, -0.2) is 29.1 Å². The number of benzene rings is 1. The van der Waals surface area contributed by atoms with Gasteiger partial charge in [-0.3, -0.25) is 19.9 Å². The molecule has 0 aliphatic carbocycles. The van der Waals surface area contributed by atoms with Gasteiger partial charge >= 0.3 is 0 Å². The molecule has 9 nitrogen and oxygen atoms in total. The zero-order valence-electron chi connectivity index (χ0n) is 11.9. The molecular formula is C14H11N4O5-. The van der Waals surface area contributed by atoms with Gasteiger partial charge in [0.05, 0.1) is 18.2 Å². The molecule has 1 N–H and O–H groups in total. The van der Waals surface area contributed by atoms with E-state index >= 15 is 0 Å². The molecule has 0 aliphatic heterocycles. The topological polar surface area (TPSA) is 130 Å². The van der Waals surface area contributed by atoms with Gasteiger partial charge in [-0.05, 0) is 18.2 Å². The number of carbonyl (C=O) groups is 1. The molecule has 0 unspecified atom stereocenters. The Morgan fingerprint density at radius 1 is 1.39 bits per heavy atom. The number of amides is 1. The number of hydrazone groups is 1. The first-order valence-corrected chi connectivity index (χ1v) is 6.29. The van der Waals surface area contributed by atoms with Gasteiger partial charge in [-0.2, -0.15) is 5.10 Å². The normalized spacial score (nSPS) is 10.5. The summed E-state index contributed by atoms with van der Waals surface area (Å²) >= 11 is 0. The summed E-state index contributed by atoms with van der Waals surface area (Å²) in [6.07, 6.45) is 4.09. The van der Waals surface area contributed by atoms with E-state index in [9.17, 15) is 20.0 Å². The summed E-state index contributed by atoms with van der Waals surface area (Å²) in [6.45, 7) is 0. The Hall–Kier alpha value is -3.49. The number of pyridine rings is 1. The number of nitrogens with zero attached hydrogens (tertiary/aromatic N) is 3. The molecule has 1 aromatic carbocycles. The number of nitrogens with one attached hydrogen (secondary N) is 1. The average Bonchev–Trinajstić information content (AvgIpc) is 2.56. The molecule has 0 radical (unpaired) electrons. The number of rotatable bonds is 5. The van der Waals surface area contributed by atoms with E-state index in [4.69, 9.17) is 4.74 Å². The lowest BCUT2D eigenvalue weighted by molar-refractivity contribution is -0.398. The number of hydrogen-bond acceptors (Lipinski definition) is 7. The maximum atomic E-state index is 11.8. The standard InChI is InChI=1S/C14H12N4O5/c1-23-12-7-9(6-11(13(12)19)18(21)22)8-16-17-14(20)10-2-4-15-5-3-10/h2-8,19H,1H3,(H,17,20)/p-1. The zero-order chi connectivity index (χ0) is 16.8. The van der Waals surface area contributed by atoms with Gasteiger partial charge in [0, 0.05) is 35.3 Å². The minimum absolute atomic E-state index is 0.180. The lowest BCUT2D eigenvalue weighted by Crippen LogP contribution is -2.17. The van der Waals surface area contributed by atoms with Crippen LogP contribution >= 0.6 is 0 Å². The SMILES string of the molecule is COc1cc(C=NNC(=O)c2ccncc2)cc([N+](=O)[O-])c1[O-]. The molecule has 9 heteroatoms. The van der Waals surface area contributed by atoms with E-state index in [1.54, 1.807) is 0 Å². The average molecular weight is 315 g/mol. The van der Waals surface area contributed by atoms with Crippen molar-refractivity contribution in [1.29, 1.82) is 0 Å². The van der Waals surface area contributed by atoms with Crippen LogP contribution in [0.1, 0.15) is 15.9 Å².